The lowest BCUT2D eigenvalue weighted by Crippen LogP contribution is -2.59. The molecule has 0 atom stereocenters. The van der Waals surface area contributed by atoms with E-state index in [4.69, 9.17) is 14.5 Å². The molecule has 0 radical (unpaired) electrons. The molecule has 0 amide bonds. The fourth-order valence-corrected chi connectivity index (χ4v) is 5.71. The molecule has 7 rings (SSSR count). The maximum Gasteiger partial charge on any atom is 0.332 e. The SMILES string of the molecule is CN(C)c1ccc2ncc(F)c(CCN(Cc3ccc4c(n3)OC(=O)CN4)C34CCC(CC3)OC4)c2n1. The van der Waals surface area contributed by atoms with Crippen LogP contribution in [0.25, 0.3) is 11.0 Å². The lowest BCUT2D eigenvalue weighted by atomic mass is 9.76. The standard InChI is InChI=1S/C27H31FN6O3/c1-33(2)23-6-5-21-25(32-23)19(20(28)13-29-21)9-12-34(27-10-7-18(8-11-27)36-16-27)15-17-3-4-22-26(31-17)37-24(35)14-30-22/h3-6,13,18,30H,7-12,14-16H2,1-2H3. The van der Waals surface area contributed by atoms with Crippen LogP contribution >= 0.6 is 0 Å². The number of halogens is 1. The molecule has 10 heteroatoms. The molecule has 194 valence electrons. The number of carbonyl (C=O) groups excluding carboxylic acids is 1. The Labute approximate surface area is 215 Å². The smallest absolute Gasteiger partial charge is 0.332 e. The van der Waals surface area contributed by atoms with Crippen molar-refractivity contribution < 1.29 is 18.7 Å². The first kappa shape index (κ1) is 24.0. The third-order valence-electron chi connectivity index (χ3n) is 7.87. The maximum absolute atomic E-state index is 15.2. The second kappa shape index (κ2) is 9.50. The van der Waals surface area contributed by atoms with Gasteiger partial charge in [0.05, 0.1) is 41.3 Å². The van der Waals surface area contributed by atoms with Gasteiger partial charge in [-0.1, -0.05) is 0 Å². The summed E-state index contributed by atoms with van der Waals surface area (Å²) in [6, 6.07) is 7.64. The maximum atomic E-state index is 15.2. The van der Waals surface area contributed by atoms with Gasteiger partial charge in [0.1, 0.15) is 18.2 Å². The number of hydrogen-bond acceptors (Lipinski definition) is 9. The van der Waals surface area contributed by atoms with Crippen LogP contribution in [0.3, 0.4) is 0 Å². The molecule has 1 aliphatic carbocycles. The van der Waals surface area contributed by atoms with Crippen molar-refractivity contribution in [2.45, 2.75) is 50.3 Å². The highest BCUT2D eigenvalue weighted by Gasteiger charge is 2.45. The van der Waals surface area contributed by atoms with Crippen LogP contribution in [0.15, 0.2) is 30.5 Å². The third kappa shape index (κ3) is 4.59. The van der Waals surface area contributed by atoms with Gasteiger partial charge in [0.2, 0.25) is 5.88 Å². The normalized spacial score (nSPS) is 22.6. The number of esters is 1. The quantitative estimate of drug-likeness (QED) is 0.485. The summed E-state index contributed by atoms with van der Waals surface area (Å²) in [5.74, 6) is 0.372. The number of pyridine rings is 3. The van der Waals surface area contributed by atoms with Gasteiger partial charge < -0.3 is 19.7 Å². The summed E-state index contributed by atoms with van der Waals surface area (Å²) < 4.78 is 26.7. The minimum atomic E-state index is -0.351. The molecule has 6 heterocycles. The summed E-state index contributed by atoms with van der Waals surface area (Å²) in [6.45, 7) is 1.94. The Morgan fingerprint density at radius 2 is 2.00 bits per heavy atom. The van der Waals surface area contributed by atoms with Crippen LogP contribution in [0.2, 0.25) is 0 Å². The number of carbonyl (C=O) groups is 1. The predicted molar refractivity (Wildman–Crippen MR) is 137 cm³/mol. The fourth-order valence-electron chi connectivity index (χ4n) is 5.71. The molecule has 1 N–H and O–H groups in total. The molecule has 3 fully saturated rings. The first-order valence-corrected chi connectivity index (χ1v) is 12.8. The van der Waals surface area contributed by atoms with Crippen molar-refractivity contribution in [2.24, 2.45) is 0 Å². The Bertz CT molecular complexity index is 1330. The zero-order valence-corrected chi connectivity index (χ0v) is 21.2. The number of nitrogens with one attached hydrogen (secondary N) is 1. The first-order valence-electron chi connectivity index (χ1n) is 12.8. The first-order chi connectivity index (χ1) is 17.9. The van der Waals surface area contributed by atoms with Crippen molar-refractivity contribution in [3.05, 3.63) is 47.5 Å². The van der Waals surface area contributed by atoms with Gasteiger partial charge in [-0.3, -0.25) is 9.88 Å². The fraction of sp³-hybridized carbons (Fsp3) is 0.481. The summed E-state index contributed by atoms with van der Waals surface area (Å²) in [4.78, 5) is 29.7. The second-order valence-electron chi connectivity index (χ2n) is 10.4. The molecule has 0 spiro atoms. The van der Waals surface area contributed by atoms with Crippen LogP contribution in [0.5, 0.6) is 5.88 Å². The van der Waals surface area contributed by atoms with E-state index in [1.165, 1.54) is 6.20 Å². The van der Waals surface area contributed by atoms with Gasteiger partial charge in [0.15, 0.2) is 0 Å². The van der Waals surface area contributed by atoms with Crippen LogP contribution in [-0.2, 0) is 22.5 Å². The van der Waals surface area contributed by atoms with Crippen molar-refractivity contribution in [1.82, 2.24) is 19.9 Å². The Morgan fingerprint density at radius 3 is 2.76 bits per heavy atom. The van der Waals surface area contributed by atoms with Gasteiger partial charge in [-0.2, -0.15) is 0 Å². The highest BCUT2D eigenvalue weighted by atomic mass is 19.1. The van der Waals surface area contributed by atoms with Crippen molar-refractivity contribution in [3.8, 4) is 5.88 Å². The molecule has 0 unspecified atom stereocenters. The van der Waals surface area contributed by atoms with E-state index < -0.39 is 0 Å². The average Bonchev–Trinajstić information content (AvgIpc) is 2.92. The monoisotopic (exact) mass is 506 g/mol. The van der Waals surface area contributed by atoms with Gasteiger partial charge in [0, 0.05) is 38.3 Å². The van der Waals surface area contributed by atoms with Gasteiger partial charge in [0.25, 0.3) is 0 Å². The number of aromatic nitrogens is 3. The van der Waals surface area contributed by atoms with Gasteiger partial charge in [-0.25, -0.2) is 19.2 Å². The molecule has 37 heavy (non-hydrogen) atoms. The van der Waals surface area contributed by atoms with Crippen LogP contribution < -0.4 is 15.0 Å². The molecule has 4 aliphatic rings. The molecule has 3 aromatic rings. The van der Waals surface area contributed by atoms with Crippen LogP contribution in [0.4, 0.5) is 15.9 Å². The lowest BCUT2D eigenvalue weighted by molar-refractivity contribution is -0.138. The van der Waals surface area contributed by atoms with Gasteiger partial charge in [-0.05, 0) is 56.4 Å². The molecule has 9 nitrogen and oxygen atoms in total. The highest BCUT2D eigenvalue weighted by Crippen LogP contribution is 2.41. The molecular formula is C27H31FN6O3. The minimum Gasteiger partial charge on any atom is -0.404 e. The van der Waals surface area contributed by atoms with Crippen molar-refractivity contribution in [3.63, 3.8) is 0 Å². The van der Waals surface area contributed by atoms with Crippen LogP contribution in [0, 0.1) is 5.82 Å². The van der Waals surface area contributed by atoms with E-state index in [1.54, 1.807) is 0 Å². The summed E-state index contributed by atoms with van der Waals surface area (Å²) in [5, 5.41) is 3.03. The Balaban J connectivity index is 1.31. The molecule has 3 aliphatic heterocycles. The zero-order chi connectivity index (χ0) is 25.6. The van der Waals surface area contributed by atoms with E-state index in [1.807, 2.05) is 43.3 Å². The predicted octanol–water partition coefficient (Wildman–Crippen LogP) is 3.32. The van der Waals surface area contributed by atoms with Crippen molar-refractivity contribution in [2.75, 3.05) is 44.0 Å². The molecule has 0 aromatic carbocycles. The summed E-state index contributed by atoms with van der Waals surface area (Å²) in [7, 11) is 3.83. The molecule has 2 saturated heterocycles. The lowest BCUT2D eigenvalue weighted by Gasteiger charge is -2.52. The Hall–Kier alpha value is -3.37. The van der Waals surface area contributed by atoms with Crippen LogP contribution in [-0.4, -0.2) is 71.3 Å². The number of anilines is 2. The Kier molecular flexibility index (Phi) is 6.16. The van der Waals surface area contributed by atoms with E-state index in [2.05, 4.69) is 20.2 Å². The summed E-state index contributed by atoms with van der Waals surface area (Å²) >= 11 is 0. The van der Waals surface area contributed by atoms with E-state index in [9.17, 15) is 4.79 Å². The van der Waals surface area contributed by atoms with E-state index >= 15 is 4.39 Å². The summed E-state index contributed by atoms with van der Waals surface area (Å²) in [6.07, 6.45) is 6.21. The number of rotatable bonds is 7. The topological polar surface area (TPSA) is 92.7 Å². The average molecular weight is 507 g/mol. The van der Waals surface area contributed by atoms with Gasteiger partial charge >= 0.3 is 5.97 Å². The largest absolute Gasteiger partial charge is 0.404 e. The zero-order valence-electron chi connectivity index (χ0n) is 21.2. The van der Waals surface area contributed by atoms with Crippen molar-refractivity contribution in [1.29, 1.82) is 0 Å². The number of ether oxygens (including phenoxy) is 2. The van der Waals surface area contributed by atoms with E-state index in [0.29, 0.717) is 60.4 Å². The number of nitrogens with zero attached hydrogens (tertiary/aromatic N) is 5. The second-order valence-corrected chi connectivity index (χ2v) is 10.4. The molecular weight excluding hydrogens is 475 g/mol. The van der Waals surface area contributed by atoms with E-state index in [0.717, 1.165) is 37.2 Å². The summed E-state index contributed by atoms with van der Waals surface area (Å²) in [5.41, 5.74) is 3.21. The number of fused-ring (bicyclic) bond motifs is 5. The third-order valence-corrected chi connectivity index (χ3v) is 7.87. The molecule has 2 bridgehead atoms. The Morgan fingerprint density at radius 1 is 1.16 bits per heavy atom. The van der Waals surface area contributed by atoms with E-state index in [-0.39, 0.29) is 23.9 Å². The van der Waals surface area contributed by atoms with Gasteiger partial charge in [-0.15, -0.1) is 0 Å². The minimum absolute atomic E-state index is 0.136. The van der Waals surface area contributed by atoms with Crippen molar-refractivity contribution >= 4 is 28.5 Å². The van der Waals surface area contributed by atoms with Crippen LogP contribution in [0.1, 0.15) is 36.9 Å². The number of hydrogen-bond donors (Lipinski definition) is 1. The molecule has 3 aromatic heterocycles. The highest BCUT2D eigenvalue weighted by molar-refractivity contribution is 5.82. The molecule has 1 saturated carbocycles.